The van der Waals surface area contributed by atoms with E-state index in [1.54, 1.807) is 22.8 Å². The summed E-state index contributed by atoms with van der Waals surface area (Å²) in [4.78, 5) is 31.0. The molecule has 3 heterocycles. The van der Waals surface area contributed by atoms with Crippen molar-refractivity contribution >= 4 is 16.8 Å². The Hall–Kier alpha value is -3.35. The molecule has 0 spiro atoms. The second kappa shape index (κ2) is 9.49. The van der Waals surface area contributed by atoms with Crippen molar-refractivity contribution < 1.29 is 14.3 Å². The van der Waals surface area contributed by atoms with E-state index < -0.39 is 0 Å². The van der Waals surface area contributed by atoms with Crippen LogP contribution >= 0.6 is 0 Å². The Bertz CT molecular complexity index is 1280. The molecule has 1 atom stereocenters. The number of amides is 1. The van der Waals surface area contributed by atoms with Crippen LogP contribution in [0, 0.1) is 5.92 Å². The summed E-state index contributed by atoms with van der Waals surface area (Å²) in [6.45, 7) is 6.12. The summed E-state index contributed by atoms with van der Waals surface area (Å²) in [5.41, 5.74) is 2.04. The number of nitrogens with one attached hydrogen (secondary N) is 1. The van der Waals surface area contributed by atoms with Crippen LogP contribution in [0.15, 0.2) is 41.2 Å². The SMILES string of the molecule is CC(C)C(NC(=O)c1ccc2c(=O)n3c(nc2c1)CCCCC3)c1ccc2c(c1)OCCCO2. The summed E-state index contributed by atoms with van der Waals surface area (Å²) in [6.07, 6.45) is 4.77. The second-order valence-electron chi connectivity index (χ2n) is 9.48. The molecule has 0 fully saturated rings. The number of hydrogen-bond donors (Lipinski definition) is 1. The molecule has 1 unspecified atom stereocenters. The van der Waals surface area contributed by atoms with Crippen molar-refractivity contribution in [3.05, 3.63) is 63.7 Å². The third-order valence-corrected chi connectivity index (χ3v) is 6.66. The highest BCUT2D eigenvalue weighted by atomic mass is 16.5. The fourth-order valence-corrected chi connectivity index (χ4v) is 4.79. The zero-order valence-corrected chi connectivity index (χ0v) is 19.8. The van der Waals surface area contributed by atoms with E-state index in [1.165, 1.54) is 0 Å². The molecule has 0 bridgehead atoms. The quantitative estimate of drug-likeness (QED) is 0.622. The number of rotatable bonds is 4. The molecule has 2 aromatic carbocycles. The number of hydrogen-bond acceptors (Lipinski definition) is 5. The van der Waals surface area contributed by atoms with E-state index in [0.29, 0.717) is 42.0 Å². The Kier molecular flexibility index (Phi) is 6.26. The lowest BCUT2D eigenvalue weighted by Gasteiger charge is -2.24. The van der Waals surface area contributed by atoms with Gasteiger partial charge < -0.3 is 14.8 Å². The van der Waals surface area contributed by atoms with E-state index in [9.17, 15) is 9.59 Å². The Morgan fingerprint density at radius 1 is 1.00 bits per heavy atom. The van der Waals surface area contributed by atoms with Gasteiger partial charge in [0.05, 0.1) is 30.2 Å². The van der Waals surface area contributed by atoms with Gasteiger partial charge >= 0.3 is 0 Å². The number of aromatic nitrogens is 2. The summed E-state index contributed by atoms with van der Waals surface area (Å²) in [6, 6.07) is 10.8. The van der Waals surface area contributed by atoms with Crippen LogP contribution < -0.4 is 20.3 Å². The van der Waals surface area contributed by atoms with Crippen molar-refractivity contribution in [3.8, 4) is 11.5 Å². The average molecular weight is 462 g/mol. The van der Waals surface area contributed by atoms with Crippen LogP contribution in [0.25, 0.3) is 10.9 Å². The van der Waals surface area contributed by atoms with Crippen molar-refractivity contribution in [3.63, 3.8) is 0 Å². The highest BCUT2D eigenvalue weighted by Crippen LogP contribution is 2.34. The summed E-state index contributed by atoms with van der Waals surface area (Å²) >= 11 is 0. The van der Waals surface area contributed by atoms with Gasteiger partial charge in [-0.2, -0.15) is 0 Å². The minimum Gasteiger partial charge on any atom is -0.490 e. The zero-order chi connectivity index (χ0) is 23.7. The number of aryl methyl sites for hydroxylation is 1. The highest BCUT2D eigenvalue weighted by molar-refractivity contribution is 5.97. The first-order valence-electron chi connectivity index (χ1n) is 12.2. The van der Waals surface area contributed by atoms with Gasteiger partial charge in [-0.05, 0) is 54.7 Å². The molecule has 0 radical (unpaired) electrons. The molecule has 7 nitrogen and oxygen atoms in total. The lowest BCUT2D eigenvalue weighted by Crippen LogP contribution is -2.32. The van der Waals surface area contributed by atoms with Crippen LogP contribution in [0.2, 0.25) is 0 Å². The topological polar surface area (TPSA) is 82.5 Å². The van der Waals surface area contributed by atoms with E-state index >= 15 is 0 Å². The molecule has 5 rings (SSSR count). The standard InChI is InChI=1S/C27H31N3O4/c1-17(2)25(18-9-11-22-23(16-18)34-14-6-13-33-22)29-26(31)19-8-10-20-21(15-19)28-24-7-4-3-5-12-30(24)27(20)32/h8-11,15-17,25H,3-7,12-14H2,1-2H3,(H,29,31). The smallest absolute Gasteiger partial charge is 0.261 e. The third kappa shape index (κ3) is 4.39. The molecule has 0 saturated heterocycles. The Morgan fingerprint density at radius 2 is 1.82 bits per heavy atom. The summed E-state index contributed by atoms with van der Waals surface area (Å²) in [5, 5.41) is 3.74. The molecule has 7 heteroatoms. The van der Waals surface area contributed by atoms with Crippen molar-refractivity contribution in [2.45, 2.75) is 58.5 Å². The number of benzene rings is 2. The molecule has 3 aromatic rings. The van der Waals surface area contributed by atoms with Crippen molar-refractivity contribution in [2.75, 3.05) is 13.2 Å². The van der Waals surface area contributed by atoms with Crippen molar-refractivity contribution in [1.82, 2.24) is 14.9 Å². The van der Waals surface area contributed by atoms with Gasteiger partial charge in [0.15, 0.2) is 11.5 Å². The van der Waals surface area contributed by atoms with Crippen LogP contribution in [0.1, 0.15) is 67.3 Å². The Labute approximate surface area is 199 Å². The fourth-order valence-electron chi connectivity index (χ4n) is 4.79. The molecule has 1 amide bonds. The van der Waals surface area contributed by atoms with Gasteiger partial charge in [-0.1, -0.05) is 26.3 Å². The van der Waals surface area contributed by atoms with Gasteiger partial charge in [-0.15, -0.1) is 0 Å². The van der Waals surface area contributed by atoms with Gasteiger partial charge in [-0.25, -0.2) is 4.98 Å². The zero-order valence-electron chi connectivity index (χ0n) is 19.8. The molecule has 178 valence electrons. The fraction of sp³-hybridized carbons (Fsp3) is 0.444. The number of nitrogens with zero attached hydrogens (tertiary/aromatic N) is 2. The summed E-state index contributed by atoms with van der Waals surface area (Å²) in [5.74, 6) is 2.24. The van der Waals surface area contributed by atoms with Gasteiger partial charge in [0.2, 0.25) is 0 Å². The average Bonchev–Trinajstić information content (AvgIpc) is 3.22. The lowest BCUT2D eigenvalue weighted by atomic mass is 9.95. The van der Waals surface area contributed by atoms with Crippen LogP contribution in [-0.4, -0.2) is 28.7 Å². The van der Waals surface area contributed by atoms with E-state index in [0.717, 1.165) is 49.2 Å². The first kappa shape index (κ1) is 22.4. The monoisotopic (exact) mass is 461 g/mol. The lowest BCUT2D eigenvalue weighted by molar-refractivity contribution is 0.0925. The maximum Gasteiger partial charge on any atom is 0.261 e. The largest absolute Gasteiger partial charge is 0.490 e. The third-order valence-electron chi connectivity index (χ3n) is 6.66. The van der Waals surface area contributed by atoms with Gasteiger partial charge in [-0.3, -0.25) is 14.2 Å². The van der Waals surface area contributed by atoms with E-state index in [2.05, 4.69) is 19.2 Å². The Balaban J connectivity index is 1.43. The second-order valence-corrected chi connectivity index (χ2v) is 9.48. The molecule has 2 aliphatic rings. The summed E-state index contributed by atoms with van der Waals surface area (Å²) < 4.78 is 13.4. The predicted octanol–water partition coefficient (Wildman–Crippen LogP) is 4.41. The van der Waals surface area contributed by atoms with Crippen LogP contribution in [0.4, 0.5) is 0 Å². The minimum atomic E-state index is -0.203. The summed E-state index contributed by atoms with van der Waals surface area (Å²) in [7, 11) is 0. The minimum absolute atomic E-state index is 0.0129. The van der Waals surface area contributed by atoms with Gasteiger partial charge in [0, 0.05) is 24.9 Å². The van der Waals surface area contributed by atoms with Crippen molar-refractivity contribution in [2.24, 2.45) is 5.92 Å². The maximum atomic E-state index is 13.3. The number of fused-ring (bicyclic) bond motifs is 3. The first-order chi connectivity index (χ1) is 16.5. The van der Waals surface area contributed by atoms with Gasteiger partial charge in [0.1, 0.15) is 5.82 Å². The first-order valence-corrected chi connectivity index (χ1v) is 12.2. The number of ether oxygens (including phenoxy) is 2. The van der Waals surface area contributed by atoms with E-state index in [4.69, 9.17) is 14.5 Å². The highest BCUT2D eigenvalue weighted by Gasteiger charge is 2.22. The van der Waals surface area contributed by atoms with E-state index in [-0.39, 0.29) is 23.4 Å². The van der Waals surface area contributed by atoms with Crippen LogP contribution in [-0.2, 0) is 13.0 Å². The van der Waals surface area contributed by atoms with Crippen LogP contribution in [0.3, 0.4) is 0 Å². The molecular formula is C27H31N3O4. The molecule has 1 aromatic heterocycles. The predicted molar refractivity (Wildman–Crippen MR) is 131 cm³/mol. The number of carbonyl (C=O) groups is 1. The number of carbonyl (C=O) groups excluding carboxylic acids is 1. The Morgan fingerprint density at radius 3 is 2.65 bits per heavy atom. The normalized spacial score (nSPS) is 16.4. The van der Waals surface area contributed by atoms with Crippen molar-refractivity contribution in [1.29, 1.82) is 0 Å². The molecule has 2 aliphatic heterocycles. The van der Waals surface area contributed by atoms with E-state index in [1.807, 2.05) is 18.2 Å². The van der Waals surface area contributed by atoms with Gasteiger partial charge in [0.25, 0.3) is 11.5 Å². The molecule has 34 heavy (non-hydrogen) atoms. The molecular weight excluding hydrogens is 430 g/mol. The molecule has 1 N–H and O–H groups in total. The van der Waals surface area contributed by atoms with Crippen LogP contribution in [0.5, 0.6) is 11.5 Å². The molecule has 0 saturated carbocycles. The maximum absolute atomic E-state index is 13.3. The molecule has 0 aliphatic carbocycles.